The summed E-state index contributed by atoms with van der Waals surface area (Å²) in [5, 5.41) is 2.96. The number of alkyl halides is 1. The molecule has 1 aromatic rings. The second-order valence-corrected chi connectivity index (χ2v) is 6.07. The number of nitrogens with one attached hydrogen (secondary N) is 1. The summed E-state index contributed by atoms with van der Waals surface area (Å²) in [5.74, 6) is 0.938. The average Bonchev–Trinajstić information content (AvgIpc) is 2.72. The van der Waals surface area contributed by atoms with E-state index < -0.39 is 0 Å². The SMILES string of the molecule is Cc1ccoc1C(=O)NCC1CCCC(Br)C1. The fourth-order valence-corrected chi connectivity index (χ4v) is 3.19. The molecule has 1 fully saturated rings. The topological polar surface area (TPSA) is 42.2 Å². The van der Waals surface area contributed by atoms with Crippen molar-refractivity contribution in [3.8, 4) is 0 Å². The van der Waals surface area contributed by atoms with Crippen LogP contribution in [0.15, 0.2) is 16.7 Å². The third-order valence-electron chi connectivity index (χ3n) is 3.34. The van der Waals surface area contributed by atoms with Crippen LogP contribution in [0.5, 0.6) is 0 Å². The lowest BCUT2D eigenvalue weighted by atomic mass is 9.89. The van der Waals surface area contributed by atoms with Gasteiger partial charge in [-0.15, -0.1) is 0 Å². The maximum atomic E-state index is 11.8. The van der Waals surface area contributed by atoms with E-state index in [2.05, 4.69) is 21.2 Å². The van der Waals surface area contributed by atoms with Gasteiger partial charge in [-0.2, -0.15) is 0 Å². The molecule has 0 aromatic carbocycles. The maximum absolute atomic E-state index is 11.8. The second-order valence-electron chi connectivity index (χ2n) is 4.77. The predicted octanol–water partition coefficient (Wildman–Crippen LogP) is 3.27. The Balaban J connectivity index is 1.82. The van der Waals surface area contributed by atoms with Crippen LogP contribution in [0, 0.1) is 12.8 Å². The Kier molecular flexibility index (Phi) is 4.26. The fraction of sp³-hybridized carbons (Fsp3) is 0.615. The summed E-state index contributed by atoms with van der Waals surface area (Å²) in [6, 6.07) is 1.81. The summed E-state index contributed by atoms with van der Waals surface area (Å²) in [6.45, 7) is 2.63. The van der Waals surface area contributed by atoms with Gasteiger partial charge in [0.25, 0.3) is 5.91 Å². The van der Waals surface area contributed by atoms with Crippen LogP contribution in [0.4, 0.5) is 0 Å². The van der Waals surface area contributed by atoms with Crippen LogP contribution >= 0.6 is 15.9 Å². The second kappa shape index (κ2) is 5.71. The number of carbonyl (C=O) groups excluding carboxylic acids is 1. The number of hydrogen-bond acceptors (Lipinski definition) is 2. The van der Waals surface area contributed by atoms with Gasteiger partial charge in [-0.1, -0.05) is 22.4 Å². The van der Waals surface area contributed by atoms with Gasteiger partial charge in [0.05, 0.1) is 6.26 Å². The van der Waals surface area contributed by atoms with Crippen molar-refractivity contribution < 1.29 is 9.21 Å². The number of aryl methyl sites for hydroxylation is 1. The van der Waals surface area contributed by atoms with Crippen molar-refractivity contribution in [3.63, 3.8) is 0 Å². The van der Waals surface area contributed by atoms with E-state index in [9.17, 15) is 4.79 Å². The summed E-state index contributed by atoms with van der Waals surface area (Å²) in [6.07, 6.45) is 6.41. The van der Waals surface area contributed by atoms with Crippen molar-refractivity contribution >= 4 is 21.8 Å². The van der Waals surface area contributed by atoms with Crippen LogP contribution in [0.2, 0.25) is 0 Å². The molecule has 1 aliphatic rings. The van der Waals surface area contributed by atoms with Crippen molar-refractivity contribution in [1.82, 2.24) is 5.32 Å². The van der Waals surface area contributed by atoms with E-state index in [-0.39, 0.29) is 5.91 Å². The first-order valence-corrected chi connectivity index (χ1v) is 7.04. The molecule has 0 spiro atoms. The molecule has 1 heterocycles. The number of halogens is 1. The van der Waals surface area contributed by atoms with Crippen LogP contribution < -0.4 is 5.32 Å². The Morgan fingerprint density at radius 1 is 1.59 bits per heavy atom. The quantitative estimate of drug-likeness (QED) is 0.871. The third kappa shape index (κ3) is 3.35. The van der Waals surface area contributed by atoms with E-state index in [0.717, 1.165) is 18.5 Å². The molecule has 1 aliphatic carbocycles. The predicted molar refractivity (Wildman–Crippen MR) is 70.5 cm³/mol. The number of rotatable bonds is 3. The minimum atomic E-state index is -0.0933. The van der Waals surface area contributed by atoms with E-state index in [4.69, 9.17) is 4.42 Å². The number of amides is 1. The first-order chi connectivity index (χ1) is 8.16. The minimum Gasteiger partial charge on any atom is -0.459 e. The highest BCUT2D eigenvalue weighted by molar-refractivity contribution is 9.09. The third-order valence-corrected chi connectivity index (χ3v) is 4.17. The van der Waals surface area contributed by atoms with E-state index in [1.165, 1.54) is 19.3 Å². The van der Waals surface area contributed by atoms with Crippen LogP contribution in [0.25, 0.3) is 0 Å². The monoisotopic (exact) mass is 299 g/mol. The van der Waals surface area contributed by atoms with Gasteiger partial charge in [0.2, 0.25) is 0 Å². The lowest BCUT2D eigenvalue weighted by Crippen LogP contribution is -2.32. The molecular formula is C13H18BrNO2. The van der Waals surface area contributed by atoms with Crippen LogP contribution in [0.3, 0.4) is 0 Å². The molecule has 1 amide bonds. The fourth-order valence-electron chi connectivity index (χ4n) is 2.33. The maximum Gasteiger partial charge on any atom is 0.287 e. The van der Waals surface area contributed by atoms with Gasteiger partial charge >= 0.3 is 0 Å². The van der Waals surface area contributed by atoms with Crippen molar-refractivity contribution in [2.45, 2.75) is 37.4 Å². The van der Waals surface area contributed by atoms with E-state index in [1.54, 1.807) is 6.26 Å². The number of furan rings is 1. The molecule has 0 saturated heterocycles. The average molecular weight is 300 g/mol. The smallest absolute Gasteiger partial charge is 0.287 e. The van der Waals surface area contributed by atoms with E-state index in [1.807, 2.05) is 13.0 Å². The molecule has 2 rings (SSSR count). The molecule has 94 valence electrons. The highest BCUT2D eigenvalue weighted by atomic mass is 79.9. The summed E-state index contributed by atoms with van der Waals surface area (Å²) in [7, 11) is 0. The number of hydrogen-bond donors (Lipinski definition) is 1. The Morgan fingerprint density at radius 3 is 3.06 bits per heavy atom. The summed E-state index contributed by atoms with van der Waals surface area (Å²) >= 11 is 3.65. The summed E-state index contributed by atoms with van der Waals surface area (Å²) < 4.78 is 5.17. The van der Waals surface area contributed by atoms with Crippen molar-refractivity contribution in [2.24, 2.45) is 5.92 Å². The first-order valence-electron chi connectivity index (χ1n) is 6.13. The zero-order valence-corrected chi connectivity index (χ0v) is 11.6. The van der Waals surface area contributed by atoms with E-state index >= 15 is 0 Å². The molecule has 2 unspecified atom stereocenters. The van der Waals surface area contributed by atoms with Gasteiger partial charge in [0.1, 0.15) is 0 Å². The van der Waals surface area contributed by atoms with Crippen LogP contribution in [0.1, 0.15) is 41.8 Å². The van der Waals surface area contributed by atoms with Gasteiger partial charge in [0, 0.05) is 16.9 Å². The molecule has 2 atom stereocenters. The molecule has 1 aromatic heterocycles. The zero-order chi connectivity index (χ0) is 12.3. The molecule has 0 radical (unpaired) electrons. The highest BCUT2D eigenvalue weighted by Gasteiger charge is 2.21. The first kappa shape index (κ1) is 12.7. The van der Waals surface area contributed by atoms with Crippen molar-refractivity contribution in [2.75, 3.05) is 6.54 Å². The number of carbonyl (C=O) groups is 1. The van der Waals surface area contributed by atoms with E-state index in [0.29, 0.717) is 16.5 Å². The highest BCUT2D eigenvalue weighted by Crippen LogP contribution is 2.28. The molecule has 4 heteroatoms. The van der Waals surface area contributed by atoms with Crippen molar-refractivity contribution in [1.29, 1.82) is 0 Å². The molecule has 17 heavy (non-hydrogen) atoms. The van der Waals surface area contributed by atoms with Gasteiger partial charge in [-0.25, -0.2) is 0 Å². The summed E-state index contributed by atoms with van der Waals surface area (Å²) in [4.78, 5) is 12.4. The van der Waals surface area contributed by atoms with Crippen LogP contribution in [-0.4, -0.2) is 17.3 Å². The van der Waals surface area contributed by atoms with Gasteiger partial charge < -0.3 is 9.73 Å². The lowest BCUT2D eigenvalue weighted by molar-refractivity contribution is 0.0915. The minimum absolute atomic E-state index is 0.0933. The molecular weight excluding hydrogens is 282 g/mol. The lowest BCUT2D eigenvalue weighted by Gasteiger charge is -2.25. The molecule has 3 nitrogen and oxygen atoms in total. The molecule has 0 aliphatic heterocycles. The Labute approximate surface area is 110 Å². The van der Waals surface area contributed by atoms with Crippen molar-refractivity contribution in [3.05, 3.63) is 23.7 Å². The van der Waals surface area contributed by atoms with Gasteiger partial charge in [0.15, 0.2) is 5.76 Å². The van der Waals surface area contributed by atoms with Gasteiger partial charge in [-0.3, -0.25) is 4.79 Å². The van der Waals surface area contributed by atoms with Crippen LogP contribution in [-0.2, 0) is 0 Å². The largest absolute Gasteiger partial charge is 0.459 e. The Hall–Kier alpha value is -0.770. The molecule has 1 N–H and O–H groups in total. The Bertz CT molecular complexity index is 389. The standard InChI is InChI=1S/C13H18BrNO2/c1-9-5-6-17-12(9)13(16)15-8-10-3-2-4-11(14)7-10/h5-6,10-11H,2-4,7-8H2,1H3,(H,15,16). The molecule has 1 saturated carbocycles. The summed E-state index contributed by atoms with van der Waals surface area (Å²) in [5.41, 5.74) is 0.893. The normalized spacial score (nSPS) is 24.6. The zero-order valence-electron chi connectivity index (χ0n) is 10.0. The van der Waals surface area contributed by atoms with Gasteiger partial charge in [-0.05, 0) is 38.2 Å². The molecule has 0 bridgehead atoms. The Morgan fingerprint density at radius 2 is 2.41 bits per heavy atom.